The number of carbonyl (C=O) groups is 1. The molecule has 1 atom stereocenters. The predicted molar refractivity (Wildman–Crippen MR) is 98.3 cm³/mol. The molecule has 7 N–H and O–H groups in total. The molecule has 0 aliphatic rings. The van der Waals surface area contributed by atoms with Crippen LogP contribution in [0.25, 0.3) is 10.9 Å². The summed E-state index contributed by atoms with van der Waals surface area (Å²) in [5.74, 6) is -0.0121. The van der Waals surface area contributed by atoms with Crippen molar-refractivity contribution in [2.24, 2.45) is 11.5 Å². The number of fused-ring (bicyclic) bond motifs is 1. The molecule has 0 aliphatic heterocycles. The van der Waals surface area contributed by atoms with Crippen LogP contribution < -0.4 is 22.1 Å². The molecule has 0 bridgehead atoms. The molecule has 136 valence electrons. The van der Waals surface area contributed by atoms with Crippen molar-refractivity contribution >= 4 is 34.3 Å². The Balaban J connectivity index is 1.87. The van der Waals surface area contributed by atoms with E-state index in [0.717, 1.165) is 16.6 Å². The number of nitrogens with zero attached hydrogens (tertiary/aromatic N) is 3. The van der Waals surface area contributed by atoms with Crippen LogP contribution in [0.4, 0.5) is 17.5 Å². The van der Waals surface area contributed by atoms with Crippen LogP contribution in [0.2, 0.25) is 0 Å². The zero-order valence-corrected chi connectivity index (χ0v) is 14.2. The van der Waals surface area contributed by atoms with Crippen molar-refractivity contribution in [2.45, 2.75) is 6.04 Å². The lowest BCUT2D eigenvalue weighted by atomic mass is 10.2. The van der Waals surface area contributed by atoms with E-state index in [9.17, 15) is 4.79 Å². The molecule has 0 saturated heterocycles. The fourth-order valence-corrected chi connectivity index (χ4v) is 2.44. The summed E-state index contributed by atoms with van der Waals surface area (Å²) in [6.07, 6.45) is 3.06. The number of carbonyl (C=O) groups excluding carboxylic acids is 1. The van der Waals surface area contributed by atoms with Gasteiger partial charge in [-0.1, -0.05) is 6.07 Å². The van der Waals surface area contributed by atoms with Gasteiger partial charge in [0.05, 0.1) is 24.0 Å². The number of hydrogen-bond acceptors (Lipinski definition) is 8. The van der Waals surface area contributed by atoms with Crippen molar-refractivity contribution in [1.82, 2.24) is 20.2 Å². The lowest BCUT2D eigenvalue weighted by Crippen LogP contribution is -2.33. The number of ether oxygens (including phenoxy) is 1. The Kier molecular flexibility index (Phi) is 5.25. The van der Waals surface area contributed by atoms with Gasteiger partial charge in [-0.05, 0) is 12.1 Å². The number of hydrogen-bond donors (Lipinski definition) is 5. The molecule has 10 heteroatoms. The molecule has 2 heterocycles. The highest BCUT2D eigenvalue weighted by Gasteiger charge is 2.14. The summed E-state index contributed by atoms with van der Waals surface area (Å²) in [6.45, 7) is 0.820. The van der Waals surface area contributed by atoms with Crippen LogP contribution in [-0.4, -0.2) is 52.4 Å². The number of aromatic nitrogens is 4. The lowest BCUT2D eigenvalue weighted by Gasteiger charge is -2.14. The quantitative estimate of drug-likeness (QED) is 0.392. The number of anilines is 3. The van der Waals surface area contributed by atoms with Crippen LogP contribution >= 0.6 is 0 Å². The molecule has 0 fully saturated rings. The van der Waals surface area contributed by atoms with Gasteiger partial charge in [0.1, 0.15) is 11.4 Å². The molecule has 0 saturated carbocycles. The molecule has 1 amide bonds. The summed E-state index contributed by atoms with van der Waals surface area (Å²) in [5.41, 5.74) is 13.1. The SMILES string of the molecule is COCC(N)CNc1ncc(C(N)=O)c(Nc2cccc3[nH]ncc23)n1. The van der Waals surface area contributed by atoms with Crippen LogP contribution in [0.15, 0.2) is 30.6 Å². The van der Waals surface area contributed by atoms with Crippen molar-refractivity contribution in [2.75, 3.05) is 30.9 Å². The minimum Gasteiger partial charge on any atom is -0.383 e. The Morgan fingerprint density at radius 3 is 3.00 bits per heavy atom. The number of amides is 1. The maximum atomic E-state index is 11.7. The second kappa shape index (κ2) is 7.76. The van der Waals surface area contributed by atoms with E-state index in [-0.39, 0.29) is 11.6 Å². The second-order valence-corrected chi connectivity index (χ2v) is 5.68. The van der Waals surface area contributed by atoms with E-state index in [0.29, 0.717) is 24.9 Å². The van der Waals surface area contributed by atoms with E-state index in [4.69, 9.17) is 16.2 Å². The topological polar surface area (TPSA) is 157 Å². The third-order valence-electron chi connectivity index (χ3n) is 3.70. The van der Waals surface area contributed by atoms with E-state index >= 15 is 0 Å². The number of H-pyrrole nitrogens is 1. The first-order valence-corrected chi connectivity index (χ1v) is 7.93. The molecule has 1 aromatic carbocycles. The van der Waals surface area contributed by atoms with Crippen LogP contribution in [0.1, 0.15) is 10.4 Å². The van der Waals surface area contributed by atoms with Gasteiger partial charge in [-0.3, -0.25) is 9.89 Å². The Labute approximate surface area is 149 Å². The number of primary amides is 1. The molecule has 3 rings (SSSR count). The molecule has 3 aromatic rings. The van der Waals surface area contributed by atoms with Gasteiger partial charge in [0.25, 0.3) is 5.91 Å². The smallest absolute Gasteiger partial charge is 0.254 e. The first-order valence-electron chi connectivity index (χ1n) is 7.93. The Morgan fingerprint density at radius 2 is 2.23 bits per heavy atom. The summed E-state index contributed by atoms with van der Waals surface area (Å²) in [7, 11) is 1.58. The maximum Gasteiger partial charge on any atom is 0.254 e. The number of rotatable bonds is 8. The zero-order chi connectivity index (χ0) is 18.5. The third kappa shape index (κ3) is 3.87. The highest BCUT2D eigenvalue weighted by atomic mass is 16.5. The number of benzene rings is 1. The molecule has 0 aliphatic carbocycles. The summed E-state index contributed by atoms with van der Waals surface area (Å²) in [5, 5.41) is 13.9. The Bertz CT molecular complexity index is 910. The normalized spacial score (nSPS) is 12.1. The van der Waals surface area contributed by atoms with E-state index in [1.54, 1.807) is 13.3 Å². The van der Waals surface area contributed by atoms with Crippen molar-refractivity contribution in [3.05, 3.63) is 36.2 Å². The second-order valence-electron chi connectivity index (χ2n) is 5.68. The lowest BCUT2D eigenvalue weighted by molar-refractivity contribution is 0.100. The van der Waals surface area contributed by atoms with Gasteiger partial charge in [0, 0.05) is 31.3 Å². The zero-order valence-electron chi connectivity index (χ0n) is 14.2. The van der Waals surface area contributed by atoms with E-state index in [2.05, 4.69) is 30.8 Å². The largest absolute Gasteiger partial charge is 0.383 e. The molecule has 1 unspecified atom stereocenters. The Hall–Kier alpha value is -3.24. The highest BCUT2D eigenvalue weighted by molar-refractivity contribution is 6.00. The van der Waals surface area contributed by atoms with Crippen LogP contribution in [0, 0.1) is 0 Å². The van der Waals surface area contributed by atoms with E-state index in [1.165, 1.54) is 6.20 Å². The van der Waals surface area contributed by atoms with Crippen LogP contribution in [0.5, 0.6) is 0 Å². The van der Waals surface area contributed by atoms with Gasteiger partial charge in [-0.2, -0.15) is 10.1 Å². The molecule has 0 radical (unpaired) electrons. The summed E-state index contributed by atoms with van der Waals surface area (Å²) >= 11 is 0. The number of nitrogens with one attached hydrogen (secondary N) is 3. The molecule has 0 spiro atoms. The number of methoxy groups -OCH3 is 1. The van der Waals surface area contributed by atoms with Gasteiger partial charge in [-0.15, -0.1) is 0 Å². The first kappa shape index (κ1) is 17.6. The predicted octanol–water partition coefficient (Wildman–Crippen LogP) is 0.581. The van der Waals surface area contributed by atoms with Gasteiger partial charge >= 0.3 is 0 Å². The third-order valence-corrected chi connectivity index (χ3v) is 3.70. The van der Waals surface area contributed by atoms with Crippen LogP contribution in [-0.2, 0) is 4.74 Å². The van der Waals surface area contributed by atoms with Gasteiger partial charge < -0.3 is 26.8 Å². The molecule has 10 nitrogen and oxygen atoms in total. The minimum atomic E-state index is -0.630. The monoisotopic (exact) mass is 356 g/mol. The number of nitrogens with two attached hydrogens (primary N) is 2. The highest BCUT2D eigenvalue weighted by Crippen LogP contribution is 2.26. The van der Waals surface area contributed by atoms with Crippen molar-refractivity contribution in [1.29, 1.82) is 0 Å². The average Bonchev–Trinajstić information content (AvgIpc) is 3.10. The summed E-state index contributed by atoms with van der Waals surface area (Å²) in [4.78, 5) is 20.2. The molecule has 26 heavy (non-hydrogen) atoms. The summed E-state index contributed by atoms with van der Waals surface area (Å²) < 4.78 is 4.99. The maximum absolute atomic E-state index is 11.7. The van der Waals surface area contributed by atoms with Crippen molar-refractivity contribution < 1.29 is 9.53 Å². The van der Waals surface area contributed by atoms with Gasteiger partial charge in [0.2, 0.25) is 5.95 Å². The van der Waals surface area contributed by atoms with Crippen molar-refractivity contribution in [3.63, 3.8) is 0 Å². The fourth-order valence-electron chi connectivity index (χ4n) is 2.44. The van der Waals surface area contributed by atoms with Gasteiger partial charge in [-0.25, -0.2) is 4.98 Å². The molecular formula is C16H20N8O2. The van der Waals surface area contributed by atoms with E-state index < -0.39 is 5.91 Å². The van der Waals surface area contributed by atoms with Gasteiger partial charge in [0.15, 0.2) is 0 Å². The number of aromatic amines is 1. The minimum absolute atomic E-state index is 0.178. The fraction of sp³-hybridized carbons (Fsp3) is 0.250. The van der Waals surface area contributed by atoms with Crippen molar-refractivity contribution in [3.8, 4) is 0 Å². The molecule has 2 aromatic heterocycles. The Morgan fingerprint density at radius 1 is 1.38 bits per heavy atom. The summed E-state index contributed by atoms with van der Waals surface area (Å²) in [6, 6.07) is 5.39. The average molecular weight is 356 g/mol. The van der Waals surface area contributed by atoms with Crippen LogP contribution in [0.3, 0.4) is 0 Å². The van der Waals surface area contributed by atoms with E-state index in [1.807, 2.05) is 18.2 Å². The molecular weight excluding hydrogens is 336 g/mol. The first-order chi connectivity index (χ1) is 12.6. The standard InChI is InChI=1S/C16H20N8O2/c1-26-8-9(17)5-19-16-20-6-11(14(18)25)15(23-16)22-12-3-2-4-13-10(12)7-21-24-13/h2-4,6-7,9H,5,8,17H2,1H3,(H2,18,25)(H,21,24)(H2,19,20,22,23).